The maximum Gasteiger partial charge on any atom is 0.229 e. The first-order chi connectivity index (χ1) is 50.1. The van der Waals surface area contributed by atoms with Gasteiger partial charge in [0.05, 0.1) is 83.3 Å². The normalized spacial score (nSPS) is 16.1. The highest BCUT2D eigenvalue weighted by Crippen LogP contribution is 2.43. The second-order valence-electron chi connectivity index (χ2n) is 28.3. The van der Waals surface area contributed by atoms with Crippen molar-refractivity contribution in [2.45, 2.75) is 88.1 Å². The van der Waals surface area contributed by atoms with Crippen LogP contribution in [0, 0.1) is 0 Å². The third kappa shape index (κ3) is 21.0. The molecule has 24 nitrogen and oxygen atoms in total. The van der Waals surface area contributed by atoms with Gasteiger partial charge in [-0.2, -0.15) is 9.97 Å². The molecule has 0 radical (unpaired) electrons. The molecule has 3 aromatic heterocycles. The smallest absolute Gasteiger partial charge is 0.229 e. The molecule has 4 aliphatic rings. The van der Waals surface area contributed by atoms with Crippen LogP contribution in [0.3, 0.4) is 0 Å². The Morgan fingerprint density at radius 2 is 1.12 bits per heavy atom. The molecule has 3 aliphatic heterocycles. The van der Waals surface area contributed by atoms with Crippen molar-refractivity contribution in [2.75, 3.05) is 156 Å². The van der Waals surface area contributed by atoms with Crippen molar-refractivity contribution in [1.29, 1.82) is 0 Å². The van der Waals surface area contributed by atoms with E-state index in [2.05, 4.69) is 72.7 Å². The number of hydrogen-bond donors (Lipinski definition) is 3. The Morgan fingerprint density at radius 3 is 1.72 bits per heavy atom. The van der Waals surface area contributed by atoms with Crippen molar-refractivity contribution < 1.29 is 44.7 Å². The lowest BCUT2D eigenvalue weighted by atomic mass is 10.0. The van der Waals surface area contributed by atoms with Crippen LogP contribution >= 0.6 is 56.2 Å². The van der Waals surface area contributed by atoms with Crippen LogP contribution in [-0.2, 0) is 39.8 Å². The highest BCUT2D eigenvalue weighted by molar-refractivity contribution is 7.92. The van der Waals surface area contributed by atoms with Gasteiger partial charge in [-0.25, -0.2) is 36.8 Å². The number of aromatic nitrogens is 6. The minimum absolute atomic E-state index is 0.00415. The first kappa shape index (κ1) is 81.4. The highest BCUT2D eigenvalue weighted by Gasteiger charge is 2.35. The van der Waals surface area contributed by atoms with Gasteiger partial charge < -0.3 is 58.6 Å². The molecule has 8 aromatic rings. The Morgan fingerprint density at radius 1 is 0.575 bits per heavy atom. The number of anilines is 10. The Bertz CT molecular complexity index is 4830. The third-order valence-electron chi connectivity index (χ3n) is 18.7. The van der Waals surface area contributed by atoms with Gasteiger partial charge in [-0.3, -0.25) is 9.80 Å². The number of halogens is 3. The summed E-state index contributed by atoms with van der Waals surface area (Å²) in [4.78, 5) is 38.3. The van der Waals surface area contributed by atoms with E-state index in [9.17, 15) is 30.5 Å². The van der Waals surface area contributed by atoms with E-state index in [-0.39, 0.29) is 33.5 Å². The maximum atomic E-state index is 12.9. The van der Waals surface area contributed by atoms with Crippen molar-refractivity contribution >= 4 is 150 Å². The number of sulfone groups is 2. The fraction of sp³-hybridized carbons (Fsp3) is 0.432. The summed E-state index contributed by atoms with van der Waals surface area (Å²) in [5.41, 5.74) is 4.57. The summed E-state index contributed by atoms with van der Waals surface area (Å²) in [6.45, 7) is 25.4. The highest BCUT2D eigenvalue weighted by atomic mass is 35.5. The largest absolute Gasteiger partial charge is 0.496 e. The summed E-state index contributed by atoms with van der Waals surface area (Å²) in [5.74, 6) is 4.53. The van der Waals surface area contributed by atoms with Crippen molar-refractivity contribution in [1.82, 2.24) is 39.7 Å². The van der Waals surface area contributed by atoms with Crippen molar-refractivity contribution in [3.05, 3.63) is 148 Å². The van der Waals surface area contributed by atoms with E-state index in [0.717, 1.165) is 46.7 Å². The molecule has 0 amide bonds. The lowest BCUT2D eigenvalue weighted by molar-refractivity contribution is 0.0809. The predicted molar refractivity (Wildman–Crippen MR) is 435 cm³/mol. The van der Waals surface area contributed by atoms with Gasteiger partial charge in [-0.1, -0.05) is 71.2 Å². The zero-order chi connectivity index (χ0) is 76.6. The van der Waals surface area contributed by atoms with E-state index in [1.54, 1.807) is 128 Å². The zero-order valence-corrected chi connectivity index (χ0v) is 68.8. The van der Waals surface area contributed by atoms with Crippen LogP contribution in [0.15, 0.2) is 127 Å². The van der Waals surface area contributed by atoms with Crippen LogP contribution in [0.5, 0.6) is 17.2 Å². The number of piperazine rings is 1. The average Bonchev–Trinajstić information content (AvgIpc) is 1.04. The first-order valence-electron chi connectivity index (χ1n) is 35.1. The molecule has 1 saturated carbocycles. The van der Waals surface area contributed by atoms with E-state index in [1.165, 1.54) is 77.1 Å². The molecule has 32 heteroatoms. The minimum Gasteiger partial charge on any atom is -0.496 e. The van der Waals surface area contributed by atoms with Gasteiger partial charge >= 0.3 is 0 Å². The van der Waals surface area contributed by atoms with Gasteiger partial charge in [0, 0.05) is 111 Å². The van der Waals surface area contributed by atoms with Crippen LogP contribution in [0.4, 0.5) is 57.8 Å². The average molecular weight is 1610 g/mol. The molecule has 6 heterocycles. The Labute approximate surface area is 639 Å². The number of hydrogen-bond acceptors (Lipinski definition) is 24. The van der Waals surface area contributed by atoms with Crippen LogP contribution in [-0.4, -0.2) is 205 Å². The second-order valence-corrected chi connectivity index (χ2v) is 44.0. The number of para-hydroxylation sites is 2. The zero-order valence-electron chi connectivity index (χ0n) is 62.3. The number of nitrogens with one attached hydrogen (secondary N) is 3. The molecule has 0 atom stereocenters. The molecular formula is C74H96Cl3N14O10P3S2. The molecule has 0 unspecified atom stereocenters. The summed E-state index contributed by atoms with van der Waals surface area (Å²) in [6.07, 6.45) is 10.1. The molecule has 3 saturated heterocycles. The topological polar surface area (TPSA) is 277 Å². The summed E-state index contributed by atoms with van der Waals surface area (Å²) >= 11 is 19.1. The summed E-state index contributed by atoms with van der Waals surface area (Å²) < 4.78 is 104. The molecule has 570 valence electrons. The number of rotatable bonds is 23. The maximum absolute atomic E-state index is 12.9. The lowest BCUT2D eigenvalue weighted by Crippen LogP contribution is -2.53. The Hall–Kier alpha value is -7.08. The molecule has 106 heavy (non-hydrogen) atoms. The number of benzene rings is 5. The van der Waals surface area contributed by atoms with Gasteiger partial charge in [-0.05, 0) is 154 Å². The van der Waals surface area contributed by atoms with Crippen LogP contribution in [0.1, 0.15) is 64.8 Å². The van der Waals surface area contributed by atoms with Gasteiger partial charge in [0.1, 0.15) is 59.6 Å². The fourth-order valence-corrected chi connectivity index (χ4v) is 18.5. The lowest BCUT2D eigenvalue weighted by Gasteiger charge is -2.43. The number of methoxy groups -OCH3 is 2. The van der Waals surface area contributed by atoms with E-state index in [0.29, 0.717) is 98.7 Å². The quantitative estimate of drug-likeness (QED) is 0.0502. The standard InChI is InChI=1S/C33H45ClN7O2P.C23H28ClN4O4PS.C18H23ClN3O4PS/c1-23(2)43-30-21-26(39-15-13-25(14-16-39)41-19-17-40(18-20-41)24-9-10-24)11-12-28(30)37-33-35-22-27(34)32(38-33)36-29-7-5-6-8-31(29)44(3,4)42;1-15(2)34(30,31)21-10-8-7-9-19(21)28(3)22-17(24)14-25-23(27-22)26-18-12-11-16(33(5,6)29)13-20(18)32-4;1-26-16-11-14(27(2,3)23)5-4-13(16)10-17-20-12-15(19)18(21-17)22-6-8-28(24,25)9-7-22/h5-8,11-12,21-25H,9-10,13-20H2,1-4H3,(H2,35,36,37,38);7-15H,1-6H3,(H,25,26,27);4-5,11-12H,6-10H2,1-3H3. The van der Waals surface area contributed by atoms with Crippen LogP contribution in [0.25, 0.3) is 0 Å². The second kappa shape index (κ2) is 34.7. The molecule has 1 aliphatic carbocycles. The summed E-state index contributed by atoms with van der Waals surface area (Å²) in [5, 5.41) is 12.3. The van der Waals surface area contributed by atoms with E-state index < -0.39 is 46.4 Å². The fourth-order valence-electron chi connectivity index (χ4n) is 12.6. The monoisotopic (exact) mass is 1600 g/mol. The van der Waals surface area contributed by atoms with Gasteiger partial charge in [0.15, 0.2) is 37.1 Å². The molecule has 4 fully saturated rings. The predicted octanol–water partition coefficient (Wildman–Crippen LogP) is 13.7. The van der Waals surface area contributed by atoms with Crippen molar-refractivity contribution in [3.8, 4) is 17.2 Å². The summed E-state index contributed by atoms with van der Waals surface area (Å²) in [7, 11) is -9.10. The molecule has 0 bridgehead atoms. The van der Waals surface area contributed by atoms with E-state index >= 15 is 0 Å². The summed E-state index contributed by atoms with van der Waals surface area (Å²) in [6, 6.07) is 32.9. The van der Waals surface area contributed by atoms with E-state index in [4.69, 9.17) is 49.0 Å². The van der Waals surface area contributed by atoms with E-state index in [1.807, 2.05) is 61.2 Å². The number of piperidine rings is 1. The van der Waals surface area contributed by atoms with Crippen molar-refractivity contribution in [3.63, 3.8) is 0 Å². The SMILES string of the molecule is CC(C)Oc1cc(N2CCC(N3CCN(C4CC4)CC3)CC2)ccc1Nc1ncc(Cl)c(Nc2ccccc2P(C)(C)=O)n1.COc1cc(P(C)(C)=O)ccc1Cc1ncc(Cl)c(N2CCS(=O)(=O)CC2)n1.COc1cc(P(C)(C)=O)ccc1Nc1ncc(Cl)c(N(C)c2ccccc2S(=O)(=O)C(C)C)n1. The van der Waals surface area contributed by atoms with Gasteiger partial charge in [-0.15, -0.1) is 0 Å². The Balaban J connectivity index is 0.000000175. The van der Waals surface area contributed by atoms with Gasteiger partial charge in [0.2, 0.25) is 11.9 Å². The first-order valence-corrected chi connectivity index (χ1v) is 47.4. The molecular weight excluding hydrogens is 1510 g/mol. The van der Waals surface area contributed by atoms with Crippen molar-refractivity contribution in [2.24, 2.45) is 0 Å². The number of ether oxygens (including phenoxy) is 3. The number of nitrogens with zero attached hydrogens (tertiary/aromatic N) is 11. The third-order valence-corrected chi connectivity index (χ3v) is 27.9. The minimum atomic E-state index is -3.54. The molecule has 12 rings (SSSR count). The van der Waals surface area contributed by atoms with Crippen LogP contribution in [0.2, 0.25) is 15.1 Å². The molecule has 5 aromatic carbocycles. The molecule has 3 N–H and O–H groups in total. The van der Waals surface area contributed by atoms with Gasteiger partial charge in [0.25, 0.3) is 0 Å². The Kier molecular flexibility index (Phi) is 26.6. The van der Waals surface area contributed by atoms with Crippen LogP contribution < -0.4 is 60.8 Å². The molecule has 0 spiro atoms.